The zero-order chi connectivity index (χ0) is 13.6. The monoisotopic (exact) mass is 342 g/mol. The number of thiophene rings is 1. The third-order valence-corrected chi connectivity index (χ3v) is 5.20. The Hall–Kier alpha value is -1.21. The van der Waals surface area contributed by atoms with Crippen LogP contribution >= 0.6 is 27.3 Å². The Bertz CT molecular complexity index is 579. The number of nitrogens with one attached hydrogen (secondary N) is 1. The highest BCUT2D eigenvalue weighted by Crippen LogP contribution is 2.48. The minimum atomic E-state index is -0.941. The molecule has 1 N–H and O–H groups in total. The van der Waals surface area contributed by atoms with Gasteiger partial charge in [-0.25, -0.2) is 4.79 Å². The molecule has 2 heterocycles. The zero-order valence-electron chi connectivity index (χ0n) is 9.94. The first-order valence-electron chi connectivity index (χ1n) is 5.94. The van der Waals surface area contributed by atoms with Gasteiger partial charge in [-0.05, 0) is 40.9 Å². The highest BCUT2D eigenvalue weighted by Gasteiger charge is 2.61. The molecule has 0 bridgehead atoms. The number of carbonyl (C=O) groups excluding carboxylic acids is 3. The molecule has 1 aromatic rings. The molecule has 100 valence electrons. The number of imide groups is 2. The molecule has 7 heteroatoms. The zero-order valence-corrected chi connectivity index (χ0v) is 12.3. The topological polar surface area (TPSA) is 66.5 Å². The maximum absolute atomic E-state index is 12.2. The first-order chi connectivity index (χ1) is 9.03. The molecule has 2 fully saturated rings. The molecular weight excluding hydrogens is 332 g/mol. The number of hydrogen-bond acceptors (Lipinski definition) is 4. The summed E-state index contributed by atoms with van der Waals surface area (Å²) in [7, 11) is 0. The van der Waals surface area contributed by atoms with Crippen LogP contribution in [0.15, 0.2) is 15.9 Å². The maximum Gasteiger partial charge on any atom is 0.330 e. The first kappa shape index (κ1) is 12.8. The molecule has 5 nitrogen and oxygen atoms in total. The van der Waals surface area contributed by atoms with Crippen molar-refractivity contribution in [1.82, 2.24) is 10.2 Å². The van der Waals surface area contributed by atoms with Crippen molar-refractivity contribution in [3.05, 3.63) is 20.8 Å². The number of carbonyl (C=O) groups is 3. The van der Waals surface area contributed by atoms with Gasteiger partial charge in [-0.3, -0.25) is 19.8 Å². The molecule has 0 unspecified atom stereocenters. The van der Waals surface area contributed by atoms with E-state index in [1.807, 2.05) is 12.1 Å². The second-order valence-electron chi connectivity index (χ2n) is 4.75. The molecular formula is C12H11BrN2O3S. The number of hydrogen-bond donors (Lipinski definition) is 1. The lowest BCUT2D eigenvalue weighted by atomic mass is 10.0. The van der Waals surface area contributed by atoms with E-state index in [1.54, 1.807) is 11.3 Å². The predicted octanol–water partition coefficient (Wildman–Crippen LogP) is 1.91. The van der Waals surface area contributed by atoms with E-state index in [9.17, 15) is 14.4 Å². The molecule has 2 aliphatic rings. The molecule has 1 aromatic heterocycles. The Morgan fingerprint density at radius 1 is 1.32 bits per heavy atom. The average Bonchev–Trinajstić information content (AvgIpc) is 3.06. The number of halogens is 1. The minimum Gasteiger partial charge on any atom is -0.277 e. The molecule has 0 aromatic carbocycles. The third kappa shape index (κ3) is 2.10. The number of urea groups is 1. The second kappa shape index (κ2) is 4.42. The van der Waals surface area contributed by atoms with Gasteiger partial charge in [0.2, 0.25) is 11.8 Å². The van der Waals surface area contributed by atoms with Crippen LogP contribution in [-0.2, 0) is 16.0 Å². The van der Waals surface area contributed by atoms with Gasteiger partial charge in [-0.2, -0.15) is 0 Å². The Kier molecular flexibility index (Phi) is 2.98. The summed E-state index contributed by atoms with van der Waals surface area (Å²) in [5, 5.41) is 2.28. The van der Waals surface area contributed by atoms with Crippen LogP contribution in [0.3, 0.4) is 0 Å². The van der Waals surface area contributed by atoms with E-state index in [0.29, 0.717) is 25.8 Å². The van der Waals surface area contributed by atoms with Gasteiger partial charge in [0, 0.05) is 17.8 Å². The van der Waals surface area contributed by atoms with E-state index >= 15 is 0 Å². The quantitative estimate of drug-likeness (QED) is 0.853. The smallest absolute Gasteiger partial charge is 0.277 e. The van der Waals surface area contributed by atoms with Gasteiger partial charge in [-0.1, -0.05) is 0 Å². The molecule has 0 radical (unpaired) electrons. The van der Waals surface area contributed by atoms with Crippen LogP contribution in [0.25, 0.3) is 0 Å². The lowest BCUT2D eigenvalue weighted by Crippen LogP contribution is -2.59. The molecule has 4 amide bonds. The van der Waals surface area contributed by atoms with Gasteiger partial charge >= 0.3 is 6.03 Å². The Labute approximate surface area is 122 Å². The average molecular weight is 343 g/mol. The summed E-state index contributed by atoms with van der Waals surface area (Å²) >= 11 is 4.95. The Morgan fingerprint density at radius 3 is 2.63 bits per heavy atom. The Balaban J connectivity index is 1.71. The van der Waals surface area contributed by atoms with Gasteiger partial charge < -0.3 is 0 Å². The summed E-state index contributed by atoms with van der Waals surface area (Å²) in [6.45, 7) is 0.312. The summed E-state index contributed by atoms with van der Waals surface area (Å²) in [6, 6.07) is 3.30. The SMILES string of the molecule is O=C1NC(=O)C2(CC2)C(=O)N1CCc1ccc(Br)s1. The fourth-order valence-corrected chi connectivity index (χ4v) is 3.68. The summed E-state index contributed by atoms with van der Waals surface area (Å²) in [5.74, 6) is -0.769. The molecule has 0 atom stereocenters. The van der Waals surface area contributed by atoms with E-state index in [1.165, 1.54) is 4.90 Å². The number of nitrogens with zero attached hydrogens (tertiary/aromatic N) is 1. The van der Waals surface area contributed by atoms with E-state index < -0.39 is 17.4 Å². The van der Waals surface area contributed by atoms with Crippen molar-refractivity contribution in [3.8, 4) is 0 Å². The molecule has 1 aliphatic carbocycles. The lowest BCUT2D eigenvalue weighted by molar-refractivity contribution is -0.144. The van der Waals surface area contributed by atoms with Gasteiger partial charge in [0.1, 0.15) is 5.41 Å². The normalized spacial score (nSPS) is 20.9. The summed E-state index contributed by atoms with van der Waals surface area (Å²) in [5.41, 5.74) is -0.941. The van der Waals surface area contributed by atoms with Crippen molar-refractivity contribution in [1.29, 1.82) is 0 Å². The first-order valence-corrected chi connectivity index (χ1v) is 7.55. The Morgan fingerprint density at radius 2 is 2.05 bits per heavy atom. The van der Waals surface area contributed by atoms with E-state index in [2.05, 4.69) is 21.2 Å². The van der Waals surface area contributed by atoms with Crippen molar-refractivity contribution in [2.75, 3.05) is 6.54 Å². The molecule has 1 aliphatic heterocycles. The number of amides is 4. The van der Waals surface area contributed by atoms with Crippen LogP contribution in [-0.4, -0.2) is 29.3 Å². The van der Waals surface area contributed by atoms with Crippen molar-refractivity contribution in [3.63, 3.8) is 0 Å². The molecule has 1 saturated heterocycles. The maximum atomic E-state index is 12.2. The molecule has 1 saturated carbocycles. The largest absolute Gasteiger partial charge is 0.330 e. The standard InChI is InChI=1S/C12H11BrN2O3S/c13-8-2-1-7(19-8)3-6-15-10(17)12(4-5-12)9(16)14-11(15)18/h1-2H,3-6H2,(H,14,16,18). The van der Waals surface area contributed by atoms with Gasteiger partial charge in [0.15, 0.2) is 0 Å². The van der Waals surface area contributed by atoms with Crippen LogP contribution in [0, 0.1) is 5.41 Å². The third-order valence-electron chi connectivity index (χ3n) is 3.52. The van der Waals surface area contributed by atoms with Gasteiger partial charge in [0.05, 0.1) is 3.79 Å². The van der Waals surface area contributed by atoms with Crippen molar-refractivity contribution in [2.24, 2.45) is 5.41 Å². The van der Waals surface area contributed by atoms with Gasteiger partial charge in [0.25, 0.3) is 0 Å². The lowest BCUT2D eigenvalue weighted by Gasteiger charge is -2.30. The van der Waals surface area contributed by atoms with Crippen molar-refractivity contribution < 1.29 is 14.4 Å². The predicted molar refractivity (Wildman–Crippen MR) is 72.6 cm³/mol. The van der Waals surface area contributed by atoms with Crippen LogP contribution in [0.4, 0.5) is 4.79 Å². The fraction of sp³-hybridized carbons (Fsp3) is 0.417. The highest BCUT2D eigenvalue weighted by molar-refractivity contribution is 9.11. The van der Waals surface area contributed by atoms with Crippen LogP contribution in [0.2, 0.25) is 0 Å². The number of rotatable bonds is 3. The summed E-state index contributed by atoms with van der Waals surface area (Å²) in [6.07, 6.45) is 1.71. The summed E-state index contributed by atoms with van der Waals surface area (Å²) < 4.78 is 1.02. The van der Waals surface area contributed by atoms with Crippen molar-refractivity contribution >= 4 is 45.1 Å². The minimum absolute atomic E-state index is 0.312. The van der Waals surface area contributed by atoms with E-state index in [4.69, 9.17) is 0 Å². The number of barbiturate groups is 1. The van der Waals surface area contributed by atoms with Crippen LogP contribution in [0.1, 0.15) is 17.7 Å². The molecule has 1 spiro atoms. The highest BCUT2D eigenvalue weighted by atomic mass is 79.9. The fourth-order valence-electron chi connectivity index (χ4n) is 2.21. The van der Waals surface area contributed by atoms with E-state index in [0.717, 1.165) is 8.66 Å². The molecule has 3 rings (SSSR count). The van der Waals surface area contributed by atoms with Gasteiger partial charge in [-0.15, -0.1) is 11.3 Å². The van der Waals surface area contributed by atoms with Crippen molar-refractivity contribution in [2.45, 2.75) is 19.3 Å². The molecule has 19 heavy (non-hydrogen) atoms. The van der Waals surface area contributed by atoms with E-state index in [-0.39, 0.29) is 5.91 Å². The van der Waals surface area contributed by atoms with Crippen LogP contribution < -0.4 is 5.32 Å². The van der Waals surface area contributed by atoms with Crippen LogP contribution in [0.5, 0.6) is 0 Å². The summed E-state index contributed by atoms with van der Waals surface area (Å²) in [4.78, 5) is 37.8. The second-order valence-corrected chi connectivity index (χ2v) is 7.30.